The summed E-state index contributed by atoms with van der Waals surface area (Å²) in [4.78, 5) is 0.446. The highest BCUT2D eigenvalue weighted by Gasteiger charge is 2.45. The Labute approximate surface area is 122 Å². The van der Waals surface area contributed by atoms with Crippen molar-refractivity contribution in [1.82, 2.24) is 4.31 Å². The van der Waals surface area contributed by atoms with Gasteiger partial charge in [0.1, 0.15) is 0 Å². The molecule has 0 amide bonds. The van der Waals surface area contributed by atoms with Crippen molar-refractivity contribution in [2.75, 3.05) is 6.54 Å². The summed E-state index contributed by atoms with van der Waals surface area (Å²) in [6, 6.07) is 7.47. The molecule has 3 nitrogen and oxygen atoms in total. The maximum Gasteiger partial charge on any atom is 0.243 e. The van der Waals surface area contributed by atoms with Crippen LogP contribution >= 0.6 is 0 Å². The van der Waals surface area contributed by atoms with Crippen molar-refractivity contribution in [3.63, 3.8) is 0 Å². The van der Waals surface area contributed by atoms with Crippen LogP contribution in [0.15, 0.2) is 29.2 Å². The van der Waals surface area contributed by atoms with Gasteiger partial charge in [0.15, 0.2) is 0 Å². The maximum atomic E-state index is 12.9. The summed E-state index contributed by atoms with van der Waals surface area (Å²) in [6.45, 7) is 4.87. The highest BCUT2D eigenvalue weighted by Crippen LogP contribution is 2.42. The van der Waals surface area contributed by atoms with Crippen molar-refractivity contribution in [2.45, 2.75) is 50.5 Å². The molecule has 1 aromatic carbocycles. The largest absolute Gasteiger partial charge is 0.243 e. The number of benzene rings is 1. The molecular formula is C16H23NO2S. The van der Waals surface area contributed by atoms with Gasteiger partial charge in [-0.1, -0.05) is 37.5 Å². The van der Waals surface area contributed by atoms with E-state index in [9.17, 15) is 8.42 Å². The Kier molecular flexibility index (Phi) is 3.63. The average Bonchev–Trinajstić information content (AvgIpc) is 2.78. The molecule has 0 bridgehead atoms. The van der Waals surface area contributed by atoms with E-state index >= 15 is 0 Å². The Bertz CT molecular complexity index is 579. The second-order valence-corrected chi connectivity index (χ2v) is 8.27. The third-order valence-electron chi connectivity index (χ3n) is 4.98. The van der Waals surface area contributed by atoms with E-state index in [0.29, 0.717) is 23.3 Å². The van der Waals surface area contributed by atoms with Gasteiger partial charge < -0.3 is 0 Å². The summed E-state index contributed by atoms with van der Waals surface area (Å²) >= 11 is 0. The first-order chi connectivity index (χ1) is 9.50. The lowest BCUT2D eigenvalue weighted by atomic mass is 9.81. The Morgan fingerprint density at radius 1 is 1.10 bits per heavy atom. The summed E-state index contributed by atoms with van der Waals surface area (Å²) in [5, 5.41) is 0. The average molecular weight is 293 g/mol. The van der Waals surface area contributed by atoms with Crippen molar-refractivity contribution in [3.05, 3.63) is 29.8 Å². The molecule has 3 unspecified atom stereocenters. The Hall–Kier alpha value is -0.870. The fraction of sp³-hybridized carbons (Fsp3) is 0.625. The van der Waals surface area contributed by atoms with E-state index < -0.39 is 10.0 Å². The summed E-state index contributed by atoms with van der Waals surface area (Å²) < 4.78 is 27.5. The molecule has 20 heavy (non-hydrogen) atoms. The van der Waals surface area contributed by atoms with E-state index in [1.54, 1.807) is 16.4 Å². The number of hydrogen-bond donors (Lipinski definition) is 0. The lowest BCUT2D eigenvalue weighted by Crippen LogP contribution is -2.39. The molecule has 1 saturated heterocycles. The van der Waals surface area contributed by atoms with Crippen LogP contribution in [0.1, 0.15) is 38.2 Å². The number of sulfonamides is 1. The molecule has 2 aliphatic rings. The summed E-state index contributed by atoms with van der Waals surface area (Å²) in [6.07, 6.45) is 4.63. The molecule has 1 heterocycles. The molecule has 1 saturated carbocycles. The smallest absolute Gasteiger partial charge is 0.207 e. The number of fused-ring (bicyclic) bond motifs is 1. The van der Waals surface area contributed by atoms with Crippen molar-refractivity contribution in [1.29, 1.82) is 0 Å². The second kappa shape index (κ2) is 5.15. The monoisotopic (exact) mass is 293 g/mol. The van der Waals surface area contributed by atoms with E-state index in [0.717, 1.165) is 18.4 Å². The van der Waals surface area contributed by atoms with Crippen LogP contribution < -0.4 is 0 Å². The number of hydrogen-bond acceptors (Lipinski definition) is 2. The molecule has 0 aromatic heterocycles. The molecule has 0 spiro atoms. The SMILES string of the molecule is Cc1ccc(S(=O)(=O)N2CC(C)C3CCCCC32)cc1. The quantitative estimate of drug-likeness (QED) is 0.839. The molecule has 1 aromatic rings. The van der Waals surface area contributed by atoms with Gasteiger partial charge in [-0.2, -0.15) is 4.31 Å². The van der Waals surface area contributed by atoms with Crippen LogP contribution in [0.2, 0.25) is 0 Å². The third-order valence-corrected chi connectivity index (χ3v) is 6.88. The first-order valence-electron chi connectivity index (χ1n) is 7.58. The van der Waals surface area contributed by atoms with Crippen molar-refractivity contribution >= 4 is 10.0 Å². The molecule has 3 atom stereocenters. The Morgan fingerprint density at radius 3 is 2.45 bits per heavy atom. The first-order valence-corrected chi connectivity index (χ1v) is 9.02. The van der Waals surface area contributed by atoms with Gasteiger partial charge in [0, 0.05) is 12.6 Å². The number of nitrogens with zero attached hydrogens (tertiary/aromatic N) is 1. The lowest BCUT2D eigenvalue weighted by molar-refractivity contribution is 0.245. The van der Waals surface area contributed by atoms with Gasteiger partial charge in [-0.05, 0) is 43.7 Å². The summed E-state index contributed by atoms with van der Waals surface area (Å²) in [7, 11) is -3.33. The van der Waals surface area contributed by atoms with Crippen LogP contribution in [0.4, 0.5) is 0 Å². The minimum Gasteiger partial charge on any atom is -0.207 e. The molecule has 1 aliphatic heterocycles. The fourth-order valence-electron chi connectivity index (χ4n) is 3.84. The maximum absolute atomic E-state index is 12.9. The van der Waals surface area contributed by atoms with E-state index in [-0.39, 0.29) is 6.04 Å². The fourth-order valence-corrected chi connectivity index (χ4v) is 5.64. The Balaban J connectivity index is 1.93. The molecule has 4 heteroatoms. The highest BCUT2D eigenvalue weighted by atomic mass is 32.2. The van der Waals surface area contributed by atoms with Crippen molar-refractivity contribution in [3.8, 4) is 0 Å². The van der Waals surface area contributed by atoms with Gasteiger partial charge in [-0.25, -0.2) is 8.42 Å². The number of aryl methyl sites for hydroxylation is 1. The van der Waals surface area contributed by atoms with Crippen LogP contribution in [0.5, 0.6) is 0 Å². The normalized spacial score (nSPS) is 31.2. The van der Waals surface area contributed by atoms with Crippen LogP contribution in [0.25, 0.3) is 0 Å². The highest BCUT2D eigenvalue weighted by molar-refractivity contribution is 7.89. The second-order valence-electron chi connectivity index (χ2n) is 6.38. The van der Waals surface area contributed by atoms with Crippen molar-refractivity contribution in [2.24, 2.45) is 11.8 Å². The minimum absolute atomic E-state index is 0.227. The van der Waals surface area contributed by atoms with Crippen LogP contribution in [-0.2, 0) is 10.0 Å². The van der Waals surface area contributed by atoms with E-state index in [1.807, 2.05) is 19.1 Å². The van der Waals surface area contributed by atoms with E-state index in [1.165, 1.54) is 12.8 Å². The predicted octanol–water partition coefficient (Wildman–Crippen LogP) is 3.19. The zero-order chi connectivity index (χ0) is 14.3. The van der Waals surface area contributed by atoms with Crippen LogP contribution in [-0.4, -0.2) is 25.3 Å². The molecule has 110 valence electrons. The molecule has 3 rings (SSSR count). The third kappa shape index (κ3) is 2.29. The van der Waals surface area contributed by atoms with Gasteiger partial charge in [0.25, 0.3) is 0 Å². The van der Waals surface area contributed by atoms with E-state index in [2.05, 4.69) is 6.92 Å². The zero-order valence-corrected chi connectivity index (χ0v) is 13.1. The molecule has 0 radical (unpaired) electrons. The zero-order valence-electron chi connectivity index (χ0n) is 12.2. The van der Waals surface area contributed by atoms with Gasteiger partial charge >= 0.3 is 0 Å². The van der Waals surface area contributed by atoms with Crippen molar-refractivity contribution < 1.29 is 8.42 Å². The standard InChI is InChI=1S/C16H23NO2S/c1-12-7-9-14(10-8-12)20(18,19)17-11-13(2)15-5-3-4-6-16(15)17/h7-10,13,15-16H,3-6,11H2,1-2H3. The van der Waals surface area contributed by atoms with Crippen LogP contribution in [0, 0.1) is 18.8 Å². The van der Waals surface area contributed by atoms with Gasteiger partial charge in [0.05, 0.1) is 4.90 Å². The predicted molar refractivity (Wildman–Crippen MR) is 80.0 cm³/mol. The van der Waals surface area contributed by atoms with Crippen LogP contribution in [0.3, 0.4) is 0 Å². The molecular weight excluding hydrogens is 270 g/mol. The Morgan fingerprint density at radius 2 is 1.75 bits per heavy atom. The lowest BCUT2D eigenvalue weighted by Gasteiger charge is -2.31. The number of rotatable bonds is 2. The molecule has 2 fully saturated rings. The molecule has 0 N–H and O–H groups in total. The minimum atomic E-state index is -3.33. The molecule has 1 aliphatic carbocycles. The van der Waals surface area contributed by atoms with E-state index in [4.69, 9.17) is 0 Å². The van der Waals surface area contributed by atoms with Gasteiger partial charge in [-0.3, -0.25) is 0 Å². The first kappa shape index (κ1) is 14.1. The van der Waals surface area contributed by atoms with Gasteiger partial charge in [0.2, 0.25) is 10.0 Å². The summed E-state index contributed by atoms with van der Waals surface area (Å²) in [5.74, 6) is 1.05. The summed E-state index contributed by atoms with van der Waals surface area (Å²) in [5.41, 5.74) is 1.09. The topological polar surface area (TPSA) is 37.4 Å². The van der Waals surface area contributed by atoms with Gasteiger partial charge in [-0.15, -0.1) is 0 Å².